The molecule has 0 bridgehead atoms. The standard InChI is InChI=1S/C19H27N5O4S/c1-13-10-14(2)19(15(3)11-13)29(27,28)22-8-6-21(7-9-22)12-23-17(5)18(24(25)26)16(4)20-23/h10-11H,6-9,12H2,1-5H3. The van der Waals surface area contributed by atoms with Crippen molar-refractivity contribution < 1.29 is 13.3 Å². The second-order valence-electron chi connectivity index (χ2n) is 7.67. The Hall–Kier alpha value is -2.30. The monoisotopic (exact) mass is 421 g/mol. The minimum absolute atomic E-state index is 0.0385. The number of benzene rings is 1. The molecule has 1 saturated heterocycles. The Kier molecular flexibility index (Phi) is 5.79. The zero-order valence-electron chi connectivity index (χ0n) is 17.5. The van der Waals surface area contributed by atoms with Crippen molar-refractivity contribution in [3.63, 3.8) is 0 Å². The van der Waals surface area contributed by atoms with Crippen LogP contribution in [0.25, 0.3) is 0 Å². The summed E-state index contributed by atoms with van der Waals surface area (Å²) in [6.07, 6.45) is 0. The third-order valence-corrected chi connectivity index (χ3v) is 7.60. The van der Waals surface area contributed by atoms with Crippen molar-refractivity contribution in [3.8, 4) is 0 Å². The summed E-state index contributed by atoms with van der Waals surface area (Å²) in [5, 5.41) is 15.5. The minimum atomic E-state index is -3.56. The van der Waals surface area contributed by atoms with Crippen LogP contribution in [0.15, 0.2) is 17.0 Å². The van der Waals surface area contributed by atoms with E-state index >= 15 is 0 Å². The van der Waals surface area contributed by atoms with Gasteiger partial charge in [0.25, 0.3) is 0 Å². The van der Waals surface area contributed by atoms with Crippen LogP contribution in [-0.2, 0) is 16.7 Å². The second-order valence-corrected chi connectivity index (χ2v) is 9.54. The Morgan fingerprint density at radius 3 is 2.07 bits per heavy atom. The fraction of sp³-hybridized carbons (Fsp3) is 0.526. The zero-order chi connectivity index (χ0) is 21.5. The molecule has 9 nitrogen and oxygen atoms in total. The Morgan fingerprint density at radius 2 is 1.59 bits per heavy atom. The van der Waals surface area contributed by atoms with Crippen LogP contribution < -0.4 is 0 Å². The summed E-state index contributed by atoms with van der Waals surface area (Å²) in [7, 11) is -3.56. The average Bonchev–Trinajstić information content (AvgIpc) is 2.87. The van der Waals surface area contributed by atoms with Gasteiger partial charge in [-0.25, -0.2) is 13.1 Å². The molecule has 1 aliphatic rings. The molecule has 158 valence electrons. The van der Waals surface area contributed by atoms with E-state index in [4.69, 9.17) is 0 Å². The summed E-state index contributed by atoms with van der Waals surface area (Å²) in [4.78, 5) is 13.2. The van der Waals surface area contributed by atoms with E-state index < -0.39 is 14.9 Å². The fourth-order valence-corrected chi connectivity index (χ4v) is 5.93. The highest BCUT2D eigenvalue weighted by atomic mass is 32.2. The van der Waals surface area contributed by atoms with Gasteiger partial charge in [-0.2, -0.15) is 9.40 Å². The van der Waals surface area contributed by atoms with E-state index in [0.717, 1.165) is 16.7 Å². The molecule has 1 aromatic heterocycles. The zero-order valence-corrected chi connectivity index (χ0v) is 18.3. The van der Waals surface area contributed by atoms with E-state index in [0.29, 0.717) is 49.1 Å². The van der Waals surface area contributed by atoms with E-state index in [1.54, 1.807) is 18.5 Å². The molecule has 3 rings (SSSR count). The van der Waals surface area contributed by atoms with Crippen molar-refractivity contribution in [2.45, 2.75) is 46.2 Å². The topological polar surface area (TPSA) is 102 Å². The Bertz CT molecular complexity index is 1030. The van der Waals surface area contributed by atoms with Crippen molar-refractivity contribution in [1.29, 1.82) is 0 Å². The molecule has 0 amide bonds. The van der Waals surface area contributed by atoms with Gasteiger partial charge in [0.2, 0.25) is 10.0 Å². The first-order valence-corrected chi connectivity index (χ1v) is 10.9. The molecular weight excluding hydrogens is 394 g/mol. The molecule has 0 aliphatic carbocycles. The fourth-order valence-electron chi connectivity index (χ4n) is 4.09. The van der Waals surface area contributed by atoms with Crippen molar-refractivity contribution in [3.05, 3.63) is 50.3 Å². The first-order valence-electron chi connectivity index (χ1n) is 9.51. The Labute approximate surface area is 171 Å². The van der Waals surface area contributed by atoms with Crippen LogP contribution in [0.1, 0.15) is 28.1 Å². The smallest absolute Gasteiger partial charge is 0.282 e. The molecule has 0 spiro atoms. The molecule has 2 aromatic rings. The van der Waals surface area contributed by atoms with Gasteiger partial charge in [0.05, 0.1) is 16.5 Å². The predicted octanol–water partition coefficient (Wildman–Crippen LogP) is 2.30. The average molecular weight is 422 g/mol. The van der Waals surface area contributed by atoms with Gasteiger partial charge in [-0.05, 0) is 45.7 Å². The number of hydrogen-bond acceptors (Lipinski definition) is 6. The summed E-state index contributed by atoms with van der Waals surface area (Å²) in [5.74, 6) is 0. The molecule has 29 heavy (non-hydrogen) atoms. The number of aryl methyl sites for hydroxylation is 4. The number of hydrogen-bond donors (Lipinski definition) is 0. The molecule has 1 aliphatic heterocycles. The van der Waals surface area contributed by atoms with Crippen molar-refractivity contribution in [2.75, 3.05) is 26.2 Å². The van der Waals surface area contributed by atoms with Gasteiger partial charge in [-0.15, -0.1) is 0 Å². The summed E-state index contributed by atoms with van der Waals surface area (Å²) in [5.41, 5.74) is 3.51. The number of nitrogens with zero attached hydrogens (tertiary/aromatic N) is 5. The highest BCUT2D eigenvalue weighted by Crippen LogP contribution is 2.26. The number of nitro groups is 1. The van der Waals surface area contributed by atoms with Crippen LogP contribution in [0.5, 0.6) is 0 Å². The van der Waals surface area contributed by atoms with Gasteiger partial charge >= 0.3 is 5.69 Å². The summed E-state index contributed by atoms with van der Waals surface area (Å²) in [6, 6.07) is 3.79. The van der Waals surface area contributed by atoms with Gasteiger partial charge in [-0.3, -0.25) is 15.0 Å². The molecule has 2 heterocycles. The first kappa shape index (κ1) is 21.4. The highest BCUT2D eigenvalue weighted by molar-refractivity contribution is 7.89. The Morgan fingerprint density at radius 1 is 1.03 bits per heavy atom. The van der Waals surface area contributed by atoms with E-state index in [1.807, 2.05) is 32.9 Å². The first-order chi connectivity index (χ1) is 13.5. The van der Waals surface area contributed by atoms with E-state index in [9.17, 15) is 18.5 Å². The summed E-state index contributed by atoms with van der Waals surface area (Å²) in [6.45, 7) is 11.1. The lowest BCUT2D eigenvalue weighted by Gasteiger charge is -2.34. The van der Waals surface area contributed by atoms with Crippen LogP contribution in [-0.4, -0.2) is 58.5 Å². The van der Waals surface area contributed by atoms with Crippen molar-refractivity contribution >= 4 is 15.7 Å². The maximum Gasteiger partial charge on any atom is 0.312 e. The van der Waals surface area contributed by atoms with Crippen LogP contribution in [0, 0.1) is 44.7 Å². The Balaban J connectivity index is 1.73. The summed E-state index contributed by atoms with van der Waals surface area (Å²) < 4.78 is 29.5. The number of aromatic nitrogens is 2. The van der Waals surface area contributed by atoms with E-state index in [2.05, 4.69) is 10.00 Å². The largest absolute Gasteiger partial charge is 0.312 e. The minimum Gasteiger partial charge on any atom is -0.282 e. The molecule has 0 radical (unpaired) electrons. The van der Waals surface area contributed by atoms with E-state index in [1.165, 1.54) is 4.31 Å². The third-order valence-electron chi connectivity index (χ3n) is 5.39. The van der Waals surface area contributed by atoms with Gasteiger partial charge in [0, 0.05) is 26.2 Å². The van der Waals surface area contributed by atoms with Gasteiger partial charge < -0.3 is 0 Å². The molecule has 0 unspecified atom stereocenters. The third kappa shape index (κ3) is 4.05. The second kappa shape index (κ2) is 7.85. The van der Waals surface area contributed by atoms with Crippen molar-refractivity contribution in [1.82, 2.24) is 19.0 Å². The molecule has 10 heteroatoms. The van der Waals surface area contributed by atoms with Crippen LogP contribution in [0.4, 0.5) is 5.69 Å². The quantitative estimate of drug-likeness (QED) is 0.542. The number of sulfonamides is 1. The molecule has 0 atom stereocenters. The number of piperazine rings is 1. The maximum atomic E-state index is 13.2. The van der Waals surface area contributed by atoms with Gasteiger partial charge in [0.1, 0.15) is 11.4 Å². The highest BCUT2D eigenvalue weighted by Gasteiger charge is 2.31. The SMILES string of the molecule is Cc1cc(C)c(S(=O)(=O)N2CCN(Cn3nc(C)c([N+](=O)[O-])c3C)CC2)c(C)c1. The van der Waals surface area contributed by atoms with Crippen LogP contribution >= 0.6 is 0 Å². The lowest BCUT2D eigenvalue weighted by molar-refractivity contribution is -0.386. The summed E-state index contributed by atoms with van der Waals surface area (Å²) >= 11 is 0. The normalized spacial score (nSPS) is 16.3. The van der Waals surface area contributed by atoms with Gasteiger partial charge in [0.15, 0.2) is 0 Å². The molecule has 0 N–H and O–H groups in total. The van der Waals surface area contributed by atoms with Crippen molar-refractivity contribution in [2.24, 2.45) is 0 Å². The lowest BCUT2D eigenvalue weighted by Crippen LogP contribution is -2.49. The molecule has 0 saturated carbocycles. The van der Waals surface area contributed by atoms with Gasteiger partial charge in [-0.1, -0.05) is 17.7 Å². The van der Waals surface area contributed by atoms with Crippen LogP contribution in [0.2, 0.25) is 0 Å². The molecular formula is C19H27N5O4S. The lowest BCUT2D eigenvalue weighted by atomic mass is 10.1. The number of rotatable bonds is 5. The van der Waals surface area contributed by atoms with E-state index in [-0.39, 0.29) is 5.69 Å². The van der Waals surface area contributed by atoms with Crippen LogP contribution in [0.3, 0.4) is 0 Å². The molecule has 1 aromatic carbocycles. The molecule has 1 fully saturated rings. The maximum absolute atomic E-state index is 13.2. The predicted molar refractivity (Wildman–Crippen MR) is 109 cm³/mol.